The average Bonchev–Trinajstić information content (AvgIpc) is 2.57. The van der Waals surface area contributed by atoms with Gasteiger partial charge in [0.15, 0.2) is 6.10 Å². The van der Waals surface area contributed by atoms with Crippen LogP contribution in [0.25, 0.3) is 0 Å². The summed E-state index contributed by atoms with van der Waals surface area (Å²) in [7, 11) is -0.733. The lowest BCUT2D eigenvalue weighted by atomic mass is 10.3. The normalized spacial score (nSPS) is 12.7. The molecule has 0 fully saturated rings. The third kappa shape index (κ3) is 4.77. The Kier molecular flexibility index (Phi) is 5.76. The van der Waals surface area contributed by atoms with Crippen molar-refractivity contribution in [3.63, 3.8) is 0 Å². The number of hydrogen-bond donors (Lipinski definition) is 1. The van der Waals surface area contributed by atoms with Crippen molar-refractivity contribution in [1.82, 2.24) is 4.31 Å². The zero-order valence-electron chi connectivity index (χ0n) is 14.1. The topological polar surface area (TPSA) is 75.7 Å². The van der Waals surface area contributed by atoms with Gasteiger partial charge in [-0.25, -0.2) is 17.1 Å². The van der Waals surface area contributed by atoms with E-state index >= 15 is 0 Å². The fourth-order valence-electron chi connectivity index (χ4n) is 1.96. The second-order valence-electron chi connectivity index (χ2n) is 5.52. The number of halogens is 1. The maximum Gasteiger partial charge on any atom is 0.265 e. The van der Waals surface area contributed by atoms with Crippen molar-refractivity contribution in [3.05, 3.63) is 54.3 Å². The van der Waals surface area contributed by atoms with Gasteiger partial charge in [-0.15, -0.1) is 0 Å². The van der Waals surface area contributed by atoms with E-state index in [4.69, 9.17) is 4.74 Å². The van der Waals surface area contributed by atoms with E-state index in [1.165, 1.54) is 56.6 Å². The van der Waals surface area contributed by atoms with Crippen LogP contribution in [0.5, 0.6) is 5.75 Å². The van der Waals surface area contributed by atoms with E-state index in [0.29, 0.717) is 11.4 Å². The molecule has 0 aliphatic carbocycles. The number of nitrogens with one attached hydrogen (secondary N) is 1. The highest BCUT2D eigenvalue weighted by atomic mass is 32.2. The standard InChI is InChI=1S/C17H19FN2O4S/c1-12(24-15-9-7-13(18)8-10-15)17(21)19-14-5-4-6-16(11-14)25(22,23)20(2)3/h4-12H,1-3H3,(H,19,21). The third-order valence-corrected chi connectivity index (χ3v) is 5.19. The molecule has 1 amide bonds. The largest absolute Gasteiger partial charge is 0.481 e. The maximum absolute atomic E-state index is 12.9. The molecule has 0 aliphatic heterocycles. The predicted octanol–water partition coefficient (Wildman–Crippen LogP) is 2.48. The molecule has 0 saturated carbocycles. The van der Waals surface area contributed by atoms with Gasteiger partial charge in [-0.05, 0) is 49.4 Å². The second kappa shape index (κ2) is 7.62. The quantitative estimate of drug-likeness (QED) is 0.852. The Labute approximate surface area is 146 Å². The van der Waals surface area contributed by atoms with E-state index in [1.807, 2.05) is 0 Å². The van der Waals surface area contributed by atoms with Crippen LogP contribution in [-0.4, -0.2) is 38.8 Å². The first-order valence-corrected chi connectivity index (χ1v) is 8.90. The minimum Gasteiger partial charge on any atom is -0.481 e. The van der Waals surface area contributed by atoms with E-state index in [2.05, 4.69) is 5.32 Å². The fourth-order valence-corrected chi connectivity index (χ4v) is 2.91. The Balaban J connectivity index is 2.08. The van der Waals surface area contributed by atoms with E-state index in [-0.39, 0.29) is 4.90 Å². The Bertz CT molecular complexity index is 851. The first-order chi connectivity index (χ1) is 11.7. The summed E-state index contributed by atoms with van der Waals surface area (Å²) in [6.07, 6.45) is -0.848. The molecule has 8 heteroatoms. The summed E-state index contributed by atoms with van der Waals surface area (Å²) in [6.45, 7) is 1.54. The number of amides is 1. The molecular weight excluding hydrogens is 347 g/mol. The molecule has 0 spiro atoms. The van der Waals surface area contributed by atoms with E-state index in [0.717, 1.165) is 4.31 Å². The second-order valence-corrected chi connectivity index (χ2v) is 7.67. The van der Waals surface area contributed by atoms with E-state index in [1.54, 1.807) is 13.0 Å². The van der Waals surface area contributed by atoms with Crippen molar-refractivity contribution < 1.29 is 22.3 Å². The summed E-state index contributed by atoms with van der Waals surface area (Å²) < 4.78 is 43.7. The molecule has 2 aromatic rings. The summed E-state index contributed by atoms with van der Waals surface area (Å²) in [6, 6.07) is 11.2. The summed E-state index contributed by atoms with van der Waals surface area (Å²) in [5, 5.41) is 2.60. The lowest BCUT2D eigenvalue weighted by Crippen LogP contribution is -2.30. The molecule has 0 heterocycles. The zero-order valence-corrected chi connectivity index (χ0v) is 14.9. The van der Waals surface area contributed by atoms with Gasteiger partial charge in [-0.2, -0.15) is 0 Å². The van der Waals surface area contributed by atoms with Crippen molar-refractivity contribution in [3.8, 4) is 5.75 Å². The Morgan fingerprint density at radius 2 is 1.80 bits per heavy atom. The summed E-state index contributed by atoms with van der Waals surface area (Å²) in [5.74, 6) is -0.500. The Morgan fingerprint density at radius 3 is 2.40 bits per heavy atom. The van der Waals surface area contributed by atoms with Crippen LogP contribution >= 0.6 is 0 Å². The molecule has 134 valence electrons. The molecule has 0 saturated heterocycles. The zero-order chi connectivity index (χ0) is 18.6. The van der Waals surface area contributed by atoms with Gasteiger partial charge in [-0.3, -0.25) is 4.79 Å². The van der Waals surface area contributed by atoms with Crippen LogP contribution in [0.4, 0.5) is 10.1 Å². The number of nitrogens with zero attached hydrogens (tertiary/aromatic N) is 1. The van der Waals surface area contributed by atoms with Gasteiger partial charge in [0.05, 0.1) is 4.90 Å². The molecule has 2 rings (SSSR count). The number of sulfonamides is 1. The molecule has 25 heavy (non-hydrogen) atoms. The molecule has 1 unspecified atom stereocenters. The van der Waals surface area contributed by atoms with Gasteiger partial charge in [0, 0.05) is 19.8 Å². The first kappa shape index (κ1) is 18.9. The molecule has 1 N–H and O–H groups in total. The average molecular weight is 366 g/mol. The lowest BCUT2D eigenvalue weighted by Gasteiger charge is -2.16. The van der Waals surface area contributed by atoms with Gasteiger partial charge in [0.25, 0.3) is 5.91 Å². The van der Waals surface area contributed by atoms with Gasteiger partial charge in [0.2, 0.25) is 10.0 Å². The van der Waals surface area contributed by atoms with Crippen molar-refractivity contribution in [1.29, 1.82) is 0 Å². The van der Waals surface area contributed by atoms with Crippen LogP contribution in [0, 0.1) is 5.82 Å². The van der Waals surface area contributed by atoms with Crippen molar-refractivity contribution >= 4 is 21.6 Å². The number of rotatable bonds is 6. The Morgan fingerprint density at radius 1 is 1.16 bits per heavy atom. The summed E-state index contributed by atoms with van der Waals surface area (Å²) in [5.41, 5.74) is 0.336. The number of carbonyl (C=O) groups is 1. The monoisotopic (exact) mass is 366 g/mol. The summed E-state index contributed by atoms with van der Waals surface area (Å²) in [4.78, 5) is 12.3. The molecule has 6 nitrogen and oxygen atoms in total. The first-order valence-electron chi connectivity index (χ1n) is 7.46. The Hall–Kier alpha value is -2.45. The van der Waals surface area contributed by atoms with Crippen LogP contribution in [0.1, 0.15) is 6.92 Å². The highest BCUT2D eigenvalue weighted by molar-refractivity contribution is 7.89. The van der Waals surface area contributed by atoms with Crippen LogP contribution in [0.2, 0.25) is 0 Å². The van der Waals surface area contributed by atoms with Gasteiger partial charge in [0.1, 0.15) is 11.6 Å². The van der Waals surface area contributed by atoms with E-state index < -0.39 is 27.9 Å². The van der Waals surface area contributed by atoms with Crippen LogP contribution < -0.4 is 10.1 Å². The predicted molar refractivity (Wildman–Crippen MR) is 92.4 cm³/mol. The summed E-state index contributed by atoms with van der Waals surface area (Å²) >= 11 is 0. The van der Waals surface area contributed by atoms with Crippen LogP contribution in [-0.2, 0) is 14.8 Å². The number of anilines is 1. The van der Waals surface area contributed by atoms with Crippen molar-refractivity contribution in [2.75, 3.05) is 19.4 Å². The van der Waals surface area contributed by atoms with Gasteiger partial charge < -0.3 is 10.1 Å². The van der Waals surface area contributed by atoms with Gasteiger partial charge in [-0.1, -0.05) is 6.07 Å². The fraction of sp³-hybridized carbons (Fsp3) is 0.235. The molecule has 0 radical (unpaired) electrons. The molecular formula is C17H19FN2O4S. The number of hydrogen-bond acceptors (Lipinski definition) is 4. The smallest absolute Gasteiger partial charge is 0.265 e. The number of ether oxygens (including phenoxy) is 1. The van der Waals surface area contributed by atoms with Crippen molar-refractivity contribution in [2.24, 2.45) is 0 Å². The highest BCUT2D eigenvalue weighted by Gasteiger charge is 2.19. The molecule has 0 aliphatic rings. The number of benzene rings is 2. The molecule has 2 aromatic carbocycles. The minimum absolute atomic E-state index is 0.0717. The van der Waals surface area contributed by atoms with Crippen molar-refractivity contribution in [2.45, 2.75) is 17.9 Å². The van der Waals surface area contributed by atoms with Crippen LogP contribution in [0.15, 0.2) is 53.4 Å². The minimum atomic E-state index is -3.59. The molecule has 0 aromatic heterocycles. The van der Waals surface area contributed by atoms with E-state index in [9.17, 15) is 17.6 Å². The van der Waals surface area contributed by atoms with Crippen LogP contribution in [0.3, 0.4) is 0 Å². The SMILES string of the molecule is CC(Oc1ccc(F)cc1)C(=O)Nc1cccc(S(=O)(=O)N(C)C)c1. The lowest BCUT2D eigenvalue weighted by molar-refractivity contribution is -0.122. The third-order valence-electron chi connectivity index (χ3n) is 3.38. The molecule has 1 atom stereocenters. The highest BCUT2D eigenvalue weighted by Crippen LogP contribution is 2.19. The van der Waals surface area contributed by atoms with Gasteiger partial charge >= 0.3 is 0 Å². The number of carbonyl (C=O) groups excluding carboxylic acids is 1. The molecule has 0 bridgehead atoms. The maximum atomic E-state index is 12.9.